The number of aliphatic carboxylic acids is 1. The van der Waals surface area contributed by atoms with Gasteiger partial charge in [0.2, 0.25) is 0 Å². The maximum Gasteiger partial charge on any atom is 0.328 e. The monoisotopic (exact) mass is 385 g/mol. The fraction of sp³-hybridized carbons (Fsp3) is 0.318. The van der Waals surface area contributed by atoms with E-state index in [4.69, 9.17) is 16.7 Å². The van der Waals surface area contributed by atoms with Crippen LogP contribution in [0.25, 0.3) is 6.08 Å². The van der Waals surface area contributed by atoms with E-state index in [9.17, 15) is 9.90 Å². The normalized spacial score (nSPS) is 18.1. The van der Waals surface area contributed by atoms with Crippen LogP contribution in [0.15, 0.2) is 48.5 Å². The van der Waals surface area contributed by atoms with Crippen molar-refractivity contribution in [3.63, 3.8) is 0 Å². The number of halogens is 1. The molecule has 0 saturated carbocycles. The van der Waals surface area contributed by atoms with Gasteiger partial charge in [0.05, 0.1) is 6.10 Å². The maximum atomic E-state index is 10.7. The number of carboxylic acid groups (broad SMARTS) is 1. The van der Waals surface area contributed by atoms with Crippen molar-refractivity contribution in [2.45, 2.75) is 37.8 Å². The van der Waals surface area contributed by atoms with Crippen LogP contribution < -0.4 is 5.32 Å². The zero-order valence-corrected chi connectivity index (χ0v) is 15.8. The van der Waals surface area contributed by atoms with Gasteiger partial charge in [-0.15, -0.1) is 0 Å². The van der Waals surface area contributed by atoms with Crippen molar-refractivity contribution in [1.29, 1.82) is 0 Å². The third-order valence-corrected chi connectivity index (χ3v) is 5.18. The Bertz CT molecular complexity index is 834. The first-order valence-electron chi connectivity index (χ1n) is 9.21. The molecule has 142 valence electrons. The second-order valence-corrected chi connectivity index (χ2v) is 7.41. The van der Waals surface area contributed by atoms with E-state index in [2.05, 4.69) is 17.4 Å². The van der Waals surface area contributed by atoms with Crippen LogP contribution >= 0.6 is 11.6 Å². The molecule has 2 atom stereocenters. The Morgan fingerprint density at radius 2 is 2.11 bits per heavy atom. The molecule has 0 fully saturated rings. The summed E-state index contributed by atoms with van der Waals surface area (Å²) in [6.07, 6.45) is 6.20. The Morgan fingerprint density at radius 3 is 2.89 bits per heavy atom. The highest BCUT2D eigenvalue weighted by Crippen LogP contribution is 2.24. The van der Waals surface area contributed by atoms with E-state index in [1.807, 2.05) is 18.2 Å². The summed E-state index contributed by atoms with van der Waals surface area (Å²) in [7, 11) is 0. The first kappa shape index (κ1) is 19.6. The largest absolute Gasteiger partial charge is 0.478 e. The van der Waals surface area contributed by atoms with Crippen molar-refractivity contribution < 1.29 is 15.0 Å². The summed E-state index contributed by atoms with van der Waals surface area (Å²) in [5.41, 5.74) is 4.28. The molecule has 5 heteroatoms. The lowest BCUT2D eigenvalue weighted by molar-refractivity contribution is -0.131. The van der Waals surface area contributed by atoms with Gasteiger partial charge in [-0.2, -0.15) is 0 Å². The summed E-state index contributed by atoms with van der Waals surface area (Å²) >= 11 is 6.00. The first-order valence-corrected chi connectivity index (χ1v) is 9.59. The second-order valence-electron chi connectivity index (χ2n) is 6.97. The quantitative estimate of drug-likeness (QED) is 0.519. The van der Waals surface area contributed by atoms with Gasteiger partial charge in [0, 0.05) is 23.7 Å². The number of nitrogens with one attached hydrogen (secondary N) is 1. The van der Waals surface area contributed by atoms with Gasteiger partial charge in [0.15, 0.2) is 0 Å². The fourth-order valence-corrected chi connectivity index (χ4v) is 3.74. The smallest absolute Gasteiger partial charge is 0.328 e. The summed E-state index contributed by atoms with van der Waals surface area (Å²) in [6.45, 7) is 0.471. The third kappa shape index (κ3) is 5.67. The molecule has 1 unspecified atom stereocenters. The molecule has 27 heavy (non-hydrogen) atoms. The van der Waals surface area contributed by atoms with E-state index in [0.717, 1.165) is 42.9 Å². The minimum absolute atomic E-state index is 0.277. The molecule has 2 aromatic carbocycles. The van der Waals surface area contributed by atoms with Gasteiger partial charge in [-0.3, -0.25) is 0 Å². The summed E-state index contributed by atoms with van der Waals surface area (Å²) in [6, 6.07) is 13.7. The van der Waals surface area contributed by atoms with Gasteiger partial charge < -0.3 is 15.5 Å². The van der Waals surface area contributed by atoms with Crippen molar-refractivity contribution in [3.05, 3.63) is 75.8 Å². The number of fused-ring (bicyclic) bond motifs is 1. The van der Waals surface area contributed by atoms with Crippen LogP contribution in [-0.2, 0) is 17.6 Å². The Kier molecular flexibility index (Phi) is 6.67. The molecule has 0 aliphatic heterocycles. The zero-order valence-electron chi connectivity index (χ0n) is 15.1. The molecular formula is C22H24ClNO3. The highest BCUT2D eigenvalue weighted by atomic mass is 35.5. The number of hydrogen-bond donors (Lipinski definition) is 3. The SMILES string of the molecule is O=C(O)C=Cc1ccc2c(c1)CC(NC[C@H](O)c1cccc(Cl)c1)CCC2. The van der Waals surface area contributed by atoms with E-state index in [1.54, 1.807) is 18.2 Å². The molecule has 3 rings (SSSR count). The third-order valence-electron chi connectivity index (χ3n) is 4.95. The van der Waals surface area contributed by atoms with Crippen LogP contribution in [0.5, 0.6) is 0 Å². The Balaban J connectivity index is 1.65. The van der Waals surface area contributed by atoms with E-state index >= 15 is 0 Å². The molecule has 3 N–H and O–H groups in total. The number of hydrogen-bond acceptors (Lipinski definition) is 3. The van der Waals surface area contributed by atoms with Gasteiger partial charge in [-0.05, 0) is 66.1 Å². The fourth-order valence-electron chi connectivity index (χ4n) is 3.54. The van der Waals surface area contributed by atoms with Crippen molar-refractivity contribution in [1.82, 2.24) is 5.32 Å². The molecular weight excluding hydrogens is 362 g/mol. The lowest BCUT2D eigenvalue weighted by Gasteiger charge is -2.20. The molecule has 4 nitrogen and oxygen atoms in total. The average molecular weight is 386 g/mol. The van der Waals surface area contributed by atoms with Crippen molar-refractivity contribution in [3.8, 4) is 0 Å². The Hall–Kier alpha value is -2.14. The highest BCUT2D eigenvalue weighted by molar-refractivity contribution is 6.30. The van der Waals surface area contributed by atoms with Crippen LogP contribution in [0.3, 0.4) is 0 Å². The second kappa shape index (κ2) is 9.18. The summed E-state index contributed by atoms with van der Waals surface area (Å²) < 4.78 is 0. The minimum atomic E-state index is -0.945. The number of carboxylic acids is 1. The molecule has 0 saturated heterocycles. The van der Waals surface area contributed by atoms with Crippen molar-refractivity contribution in [2.24, 2.45) is 0 Å². The molecule has 1 aliphatic carbocycles. The van der Waals surface area contributed by atoms with Crippen molar-refractivity contribution >= 4 is 23.6 Å². The lowest BCUT2D eigenvalue weighted by Crippen LogP contribution is -2.34. The Labute approximate surface area is 164 Å². The topological polar surface area (TPSA) is 69.6 Å². The van der Waals surface area contributed by atoms with E-state index in [1.165, 1.54) is 11.1 Å². The summed E-state index contributed by atoms with van der Waals surface area (Å²) in [5, 5.41) is 23.3. The number of aryl methyl sites for hydroxylation is 1. The van der Waals surface area contributed by atoms with Crippen LogP contribution in [0.1, 0.15) is 41.2 Å². The van der Waals surface area contributed by atoms with Gasteiger partial charge in [-0.25, -0.2) is 4.79 Å². The molecule has 0 heterocycles. The molecule has 1 aliphatic rings. The van der Waals surface area contributed by atoms with Gasteiger partial charge in [0.1, 0.15) is 0 Å². The van der Waals surface area contributed by atoms with E-state index in [-0.39, 0.29) is 6.04 Å². The Morgan fingerprint density at radius 1 is 1.26 bits per heavy atom. The van der Waals surface area contributed by atoms with Gasteiger partial charge in [-0.1, -0.05) is 41.9 Å². The van der Waals surface area contributed by atoms with Gasteiger partial charge >= 0.3 is 5.97 Å². The number of carbonyl (C=O) groups is 1. The molecule has 0 amide bonds. The summed E-state index contributed by atoms with van der Waals surface area (Å²) in [5.74, 6) is -0.945. The van der Waals surface area contributed by atoms with E-state index < -0.39 is 12.1 Å². The van der Waals surface area contributed by atoms with Crippen LogP contribution in [-0.4, -0.2) is 28.8 Å². The number of aliphatic hydroxyl groups is 1. The average Bonchev–Trinajstić information content (AvgIpc) is 2.85. The zero-order chi connectivity index (χ0) is 19.2. The first-order chi connectivity index (χ1) is 13.0. The lowest BCUT2D eigenvalue weighted by atomic mass is 9.98. The summed E-state index contributed by atoms with van der Waals surface area (Å²) in [4.78, 5) is 10.7. The number of rotatable bonds is 6. The van der Waals surface area contributed by atoms with E-state index in [0.29, 0.717) is 11.6 Å². The van der Waals surface area contributed by atoms with Crippen LogP contribution in [0, 0.1) is 0 Å². The predicted octanol–water partition coefficient (Wildman–Crippen LogP) is 4.01. The van der Waals surface area contributed by atoms with Crippen LogP contribution in [0.2, 0.25) is 5.02 Å². The predicted molar refractivity (Wildman–Crippen MR) is 108 cm³/mol. The molecule has 0 radical (unpaired) electrons. The molecule has 0 aromatic heterocycles. The maximum absolute atomic E-state index is 10.7. The molecule has 0 bridgehead atoms. The van der Waals surface area contributed by atoms with Gasteiger partial charge in [0.25, 0.3) is 0 Å². The number of benzene rings is 2. The number of aliphatic hydroxyl groups excluding tert-OH is 1. The molecule has 0 spiro atoms. The molecule has 2 aromatic rings. The standard InChI is InChI=1S/C22H24ClNO3/c23-19-5-1-4-17(12-19)21(25)14-24-20-6-2-3-16-9-7-15(8-10-22(26)27)11-18(16)13-20/h1,4-5,7-12,20-21,24-25H,2-3,6,13-14H2,(H,26,27)/t20?,21-/m0/s1. The highest BCUT2D eigenvalue weighted by Gasteiger charge is 2.18. The van der Waals surface area contributed by atoms with Crippen molar-refractivity contribution in [2.75, 3.05) is 6.54 Å². The van der Waals surface area contributed by atoms with Crippen LogP contribution in [0.4, 0.5) is 0 Å². The minimum Gasteiger partial charge on any atom is -0.478 e.